The molecular weight excluding hydrogens is 333 g/mol. The fourth-order valence-corrected chi connectivity index (χ4v) is 2.52. The van der Waals surface area contributed by atoms with E-state index >= 15 is 0 Å². The van der Waals surface area contributed by atoms with Crippen LogP contribution in [0.5, 0.6) is 0 Å². The molecule has 0 spiro atoms. The number of nitrogens with one attached hydrogen (secondary N) is 1. The summed E-state index contributed by atoms with van der Waals surface area (Å²) < 4.78 is 18.1. The second-order valence-corrected chi connectivity index (χ2v) is 5.97. The average molecular weight is 353 g/mol. The lowest BCUT2D eigenvalue weighted by atomic mass is 10.1. The van der Waals surface area contributed by atoms with Crippen molar-refractivity contribution < 1.29 is 13.7 Å². The second kappa shape index (κ2) is 8.38. The van der Waals surface area contributed by atoms with Crippen LogP contribution in [0.25, 0.3) is 11.4 Å². The summed E-state index contributed by atoms with van der Waals surface area (Å²) in [5, 5.41) is 6.76. The highest BCUT2D eigenvalue weighted by atomic mass is 19.1. The Kier molecular flexibility index (Phi) is 5.73. The van der Waals surface area contributed by atoms with Gasteiger partial charge in [-0.15, -0.1) is 0 Å². The summed E-state index contributed by atoms with van der Waals surface area (Å²) in [6.45, 7) is 2.09. The van der Waals surface area contributed by atoms with Gasteiger partial charge in [-0.25, -0.2) is 4.39 Å². The Labute approximate surface area is 151 Å². The molecule has 3 aromatic rings. The Morgan fingerprint density at radius 1 is 1.12 bits per heavy atom. The number of anilines is 1. The monoisotopic (exact) mass is 353 g/mol. The van der Waals surface area contributed by atoms with Crippen molar-refractivity contribution in [2.75, 3.05) is 5.32 Å². The second-order valence-electron chi connectivity index (χ2n) is 5.97. The molecule has 5 nitrogen and oxygen atoms in total. The van der Waals surface area contributed by atoms with Crippen LogP contribution in [0.1, 0.15) is 31.2 Å². The topological polar surface area (TPSA) is 68.0 Å². The first-order valence-electron chi connectivity index (χ1n) is 8.61. The van der Waals surface area contributed by atoms with Gasteiger partial charge < -0.3 is 9.84 Å². The molecule has 0 fully saturated rings. The third-order valence-electron chi connectivity index (χ3n) is 4.01. The van der Waals surface area contributed by atoms with Crippen molar-refractivity contribution >= 4 is 11.6 Å². The number of rotatable bonds is 7. The van der Waals surface area contributed by atoms with Crippen molar-refractivity contribution in [1.82, 2.24) is 10.1 Å². The highest BCUT2D eigenvalue weighted by molar-refractivity contribution is 5.90. The normalized spacial score (nSPS) is 10.7. The van der Waals surface area contributed by atoms with Crippen LogP contribution in [0.4, 0.5) is 10.1 Å². The van der Waals surface area contributed by atoms with Gasteiger partial charge in [-0.05, 0) is 54.8 Å². The van der Waals surface area contributed by atoms with E-state index in [-0.39, 0.29) is 11.7 Å². The largest absolute Gasteiger partial charge is 0.339 e. The zero-order valence-corrected chi connectivity index (χ0v) is 14.5. The highest BCUT2D eigenvalue weighted by Crippen LogP contribution is 2.17. The first-order chi connectivity index (χ1) is 12.6. The summed E-state index contributed by atoms with van der Waals surface area (Å²) in [7, 11) is 0. The molecule has 0 radical (unpaired) electrons. The molecule has 6 heteroatoms. The molecule has 3 rings (SSSR count). The molecule has 1 amide bonds. The summed E-state index contributed by atoms with van der Waals surface area (Å²) in [4.78, 5) is 16.3. The van der Waals surface area contributed by atoms with Gasteiger partial charge in [0.05, 0.1) is 0 Å². The zero-order chi connectivity index (χ0) is 18.4. The van der Waals surface area contributed by atoms with Gasteiger partial charge >= 0.3 is 0 Å². The van der Waals surface area contributed by atoms with Crippen LogP contribution in [-0.4, -0.2) is 16.0 Å². The van der Waals surface area contributed by atoms with Crippen LogP contribution in [0.15, 0.2) is 53.1 Å². The van der Waals surface area contributed by atoms with Gasteiger partial charge in [-0.2, -0.15) is 4.98 Å². The summed E-state index contributed by atoms with van der Waals surface area (Å²) >= 11 is 0. The maximum Gasteiger partial charge on any atom is 0.226 e. The third-order valence-corrected chi connectivity index (χ3v) is 4.01. The van der Waals surface area contributed by atoms with E-state index in [2.05, 4.69) is 22.4 Å². The number of amides is 1. The zero-order valence-electron chi connectivity index (χ0n) is 14.5. The van der Waals surface area contributed by atoms with Crippen LogP contribution in [-0.2, 0) is 17.6 Å². The summed E-state index contributed by atoms with van der Waals surface area (Å²) in [6.07, 6.45) is 2.45. The van der Waals surface area contributed by atoms with Gasteiger partial charge in [0.2, 0.25) is 17.6 Å². The average Bonchev–Trinajstić information content (AvgIpc) is 3.12. The van der Waals surface area contributed by atoms with Gasteiger partial charge in [0.15, 0.2) is 0 Å². The molecular formula is C20H20FN3O2. The minimum Gasteiger partial charge on any atom is -0.339 e. The first kappa shape index (κ1) is 17.8. The van der Waals surface area contributed by atoms with Gasteiger partial charge in [0.25, 0.3) is 0 Å². The molecule has 134 valence electrons. The molecule has 1 heterocycles. The lowest BCUT2D eigenvalue weighted by molar-refractivity contribution is -0.116. The number of benzene rings is 2. The Hall–Kier alpha value is -3.02. The van der Waals surface area contributed by atoms with Crippen LogP contribution in [0.3, 0.4) is 0 Å². The van der Waals surface area contributed by atoms with Crippen LogP contribution >= 0.6 is 0 Å². The summed E-state index contributed by atoms with van der Waals surface area (Å²) in [5.41, 5.74) is 2.72. The molecule has 0 atom stereocenters. The number of aromatic nitrogens is 2. The predicted octanol–water partition coefficient (Wildman–Crippen LogP) is 4.40. The van der Waals surface area contributed by atoms with Crippen LogP contribution in [0.2, 0.25) is 0 Å². The molecule has 0 aliphatic rings. The Morgan fingerprint density at radius 3 is 2.54 bits per heavy atom. The quantitative estimate of drug-likeness (QED) is 0.683. The molecule has 0 saturated carbocycles. The smallest absolute Gasteiger partial charge is 0.226 e. The third kappa shape index (κ3) is 4.75. The SMILES string of the molecule is CCc1ccc(NC(=O)CCCc2nc(-c3ccc(F)cc3)no2)cc1. The van der Waals surface area contributed by atoms with Gasteiger partial charge in [0.1, 0.15) is 5.82 Å². The van der Waals surface area contributed by atoms with Crippen molar-refractivity contribution in [2.45, 2.75) is 32.6 Å². The number of carbonyl (C=O) groups is 1. The van der Waals surface area contributed by atoms with E-state index in [1.165, 1.54) is 17.7 Å². The predicted molar refractivity (Wildman–Crippen MR) is 97.1 cm³/mol. The van der Waals surface area contributed by atoms with E-state index in [9.17, 15) is 9.18 Å². The highest BCUT2D eigenvalue weighted by Gasteiger charge is 2.10. The Balaban J connectivity index is 1.47. The lowest BCUT2D eigenvalue weighted by Gasteiger charge is -2.05. The molecule has 2 aromatic carbocycles. The standard InChI is InChI=1S/C20H20FN3O2/c1-2-14-6-12-17(13-7-14)22-18(25)4-3-5-19-23-20(24-26-19)15-8-10-16(21)11-9-15/h6-13H,2-5H2,1H3,(H,22,25). The molecule has 0 bridgehead atoms. The Bertz CT molecular complexity index is 858. The number of aryl methyl sites for hydroxylation is 2. The molecule has 0 aliphatic heterocycles. The number of hydrogen-bond donors (Lipinski definition) is 1. The number of halogens is 1. The Morgan fingerprint density at radius 2 is 1.85 bits per heavy atom. The molecule has 0 saturated heterocycles. The van der Waals surface area contributed by atoms with E-state index in [4.69, 9.17) is 4.52 Å². The van der Waals surface area contributed by atoms with Crippen molar-refractivity contribution in [3.8, 4) is 11.4 Å². The van der Waals surface area contributed by atoms with Crippen molar-refractivity contribution in [1.29, 1.82) is 0 Å². The minimum atomic E-state index is -0.312. The van der Waals surface area contributed by atoms with E-state index in [1.54, 1.807) is 12.1 Å². The van der Waals surface area contributed by atoms with E-state index < -0.39 is 0 Å². The first-order valence-corrected chi connectivity index (χ1v) is 8.61. The molecule has 1 N–H and O–H groups in total. The summed E-state index contributed by atoms with van der Waals surface area (Å²) in [5.74, 6) is 0.519. The van der Waals surface area contributed by atoms with Crippen molar-refractivity contribution in [3.05, 3.63) is 65.8 Å². The number of hydrogen-bond acceptors (Lipinski definition) is 4. The minimum absolute atomic E-state index is 0.0486. The maximum atomic E-state index is 12.9. The van der Waals surface area contributed by atoms with Gasteiger partial charge in [0, 0.05) is 24.1 Å². The number of nitrogens with zero attached hydrogens (tertiary/aromatic N) is 2. The fraction of sp³-hybridized carbons (Fsp3) is 0.250. The van der Waals surface area contributed by atoms with E-state index in [0.717, 1.165) is 12.1 Å². The van der Waals surface area contributed by atoms with E-state index in [1.807, 2.05) is 24.3 Å². The van der Waals surface area contributed by atoms with Crippen molar-refractivity contribution in [2.24, 2.45) is 0 Å². The summed E-state index contributed by atoms with van der Waals surface area (Å²) in [6, 6.07) is 13.7. The molecule has 0 aliphatic carbocycles. The van der Waals surface area contributed by atoms with Crippen LogP contribution in [0, 0.1) is 5.82 Å². The molecule has 26 heavy (non-hydrogen) atoms. The molecule has 0 unspecified atom stereocenters. The molecule has 1 aromatic heterocycles. The van der Waals surface area contributed by atoms with Gasteiger partial charge in [-0.1, -0.05) is 24.2 Å². The lowest BCUT2D eigenvalue weighted by Crippen LogP contribution is -2.11. The fourth-order valence-electron chi connectivity index (χ4n) is 2.52. The maximum absolute atomic E-state index is 12.9. The van der Waals surface area contributed by atoms with Crippen molar-refractivity contribution in [3.63, 3.8) is 0 Å². The van der Waals surface area contributed by atoms with E-state index in [0.29, 0.717) is 36.5 Å². The van der Waals surface area contributed by atoms with Crippen LogP contribution < -0.4 is 5.32 Å². The van der Waals surface area contributed by atoms with Gasteiger partial charge in [-0.3, -0.25) is 4.79 Å². The number of carbonyl (C=O) groups excluding carboxylic acids is 1.